The number of nitrogens with zero attached hydrogens (tertiary/aromatic N) is 3. The number of benzene rings is 6. The van der Waals surface area contributed by atoms with Crippen molar-refractivity contribution in [2.24, 2.45) is 0 Å². The Balaban J connectivity index is 1.48. The maximum atomic E-state index is 12.7. The predicted octanol–water partition coefficient (Wildman–Crippen LogP) is 9.00. The SMILES string of the molecule is COC(=O)c1ccccc1-c1ccc2c(c1)c1c3ccccc3ccc1n2-c1nc(-c2ccccc2)c2ccccc2n1. The number of rotatable bonds is 4. The molecule has 0 fully saturated rings. The monoisotopic (exact) mass is 555 g/mol. The van der Waals surface area contributed by atoms with E-state index in [4.69, 9.17) is 14.7 Å². The van der Waals surface area contributed by atoms with Crippen molar-refractivity contribution in [3.05, 3.63) is 139 Å². The van der Waals surface area contributed by atoms with Crippen LogP contribution in [0.15, 0.2) is 133 Å². The first-order chi connectivity index (χ1) is 21.2. The number of aromatic nitrogens is 3. The van der Waals surface area contributed by atoms with Crippen molar-refractivity contribution in [3.63, 3.8) is 0 Å². The van der Waals surface area contributed by atoms with E-state index in [2.05, 4.69) is 77.4 Å². The molecule has 0 atom stereocenters. The van der Waals surface area contributed by atoms with Gasteiger partial charge in [0.25, 0.3) is 0 Å². The molecule has 2 aromatic heterocycles. The minimum absolute atomic E-state index is 0.360. The summed E-state index contributed by atoms with van der Waals surface area (Å²) in [6, 6.07) is 45.0. The van der Waals surface area contributed by atoms with Crippen LogP contribution in [0, 0.1) is 0 Å². The topological polar surface area (TPSA) is 57.0 Å². The quantitative estimate of drug-likeness (QED) is 0.203. The number of esters is 1. The van der Waals surface area contributed by atoms with Crippen molar-refractivity contribution >= 4 is 49.5 Å². The first kappa shape index (κ1) is 24.9. The minimum Gasteiger partial charge on any atom is -0.465 e. The number of hydrogen-bond donors (Lipinski definition) is 0. The van der Waals surface area contributed by atoms with Crippen LogP contribution in [0.2, 0.25) is 0 Å². The number of ether oxygens (including phenoxy) is 1. The van der Waals surface area contributed by atoms with Crippen LogP contribution in [0.3, 0.4) is 0 Å². The highest BCUT2D eigenvalue weighted by Gasteiger charge is 2.20. The van der Waals surface area contributed by atoms with Crippen molar-refractivity contribution in [3.8, 4) is 28.3 Å². The van der Waals surface area contributed by atoms with Crippen molar-refractivity contribution in [1.29, 1.82) is 0 Å². The first-order valence-corrected chi connectivity index (χ1v) is 14.2. The van der Waals surface area contributed by atoms with Gasteiger partial charge in [-0.3, -0.25) is 4.57 Å². The zero-order valence-electron chi connectivity index (χ0n) is 23.4. The lowest BCUT2D eigenvalue weighted by molar-refractivity contribution is 0.0601. The summed E-state index contributed by atoms with van der Waals surface area (Å²) in [5, 5.41) is 5.47. The van der Waals surface area contributed by atoms with Gasteiger partial charge in [-0.15, -0.1) is 0 Å². The van der Waals surface area contributed by atoms with Crippen molar-refractivity contribution in [2.75, 3.05) is 7.11 Å². The summed E-state index contributed by atoms with van der Waals surface area (Å²) < 4.78 is 7.26. The van der Waals surface area contributed by atoms with E-state index < -0.39 is 0 Å². The van der Waals surface area contributed by atoms with Gasteiger partial charge in [0.2, 0.25) is 5.95 Å². The zero-order chi connectivity index (χ0) is 28.9. The minimum atomic E-state index is -0.360. The van der Waals surface area contributed by atoms with E-state index >= 15 is 0 Å². The van der Waals surface area contributed by atoms with Crippen LogP contribution in [0.1, 0.15) is 10.4 Å². The van der Waals surface area contributed by atoms with E-state index in [-0.39, 0.29) is 5.97 Å². The number of para-hydroxylation sites is 1. The molecular formula is C38H25N3O2. The first-order valence-electron chi connectivity index (χ1n) is 14.2. The molecule has 0 radical (unpaired) electrons. The third-order valence-corrected chi connectivity index (χ3v) is 8.14. The largest absolute Gasteiger partial charge is 0.465 e. The van der Waals surface area contributed by atoms with Gasteiger partial charge in [-0.05, 0) is 52.2 Å². The highest BCUT2D eigenvalue weighted by Crippen LogP contribution is 2.39. The molecule has 5 heteroatoms. The molecule has 204 valence electrons. The fourth-order valence-corrected chi connectivity index (χ4v) is 6.18. The molecule has 0 saturated carbocycles. The average molecular weight is 556 g/mol. The Labute approximate surface area is 247 Å². The smallest absolute Gasteiger partial charge is 0.338 e. The maximum Gasteiger partial charge on any atom is 0.338 e. The highest BCUT2D eigenvalue weighted by molar-refractivity contribution is 6.22. The van der Waals surface area contributed by atoms with Gasteiger partial charge in [-0.25, -0.2) is 14.8 Å². The molecule has 0 aliphatic carbocycles. The summed E-state index contributed by atoms with van der Waals surface area (Å²) >= 11 is 0. The molecule has 0 saturated heterocycles. The summed E-state index contributed by atoms with van der Waals surface area (Å²) in [4.78, 5) is 23.0. The van der Waals surface area contributed by atoms with Gasteiger partial charge in [0.15, 0.2) is 0 Å². The molecule has 0 unspecified atom stereocenters. The highest BCUT2D eigenvalue weighted by atomic mass is 16.5. The Hall–Kier alpha value is -5.81. The van der Waals surface area contributed by atoms with Gasteiger partial charge in [0.05, 0.1) is 34.9 Å². The summed E-state index contributed by atoms with van der Waals surface area (Å²) in [5.74, 6) is 0.247. The maximum absolute atomic E-state index is 12.7. The lowest BCUT2D eigenvalue weighted by Crippen LogP contribution is -2.04. The van der Waals surface area contributed by atoms with Crippen LogP contribution in [0.4, 0.5) is 0 Å². The van der Waals surface area contributed by atoms with E-state index in [1.54, 1.807) is 6.07 Å². The van der Waals surface area contributed by atoms with Gasteiger partial charge >= 0.3 is 5.97 Å². The number of carbonyl (C=O) groups excluding carboxylic acids is 1. The predicted molar refractivity (Wildman–Crippen MR) is 174 cm³/mol. The number of hydrogen-bond acceptors (Lipinski definition) is 4. The van der Waals surface area contributed by atoms with Crippen LogP contribution < -0.4 is 0 Å². The second kappa shape index (κ2) is 9.93. The fraction of sp³-hybridized carbons (Fsp3) is 0.0263. The summed E-state index contributed by atoms with van der Waals surface area (Å²) in [5.41, 5.74) is 7.10. The third-order valence-electron chi connectivity index (χ3n) is 8.14. The summed E-state index contributed by atoms with van der Waals surface area (Å²) in [6.07, 6.45) is 0. The van der Waals surface area contributed by atoms with Crippen LogP contribution in [-0.4, -0.2) is 27.6 Å². The van der Waals surface area contributed by atoms with Crippen LogP contribution in [-0.2, 0) is 4.74 Å². The van der Waals surface area contributed by atoms with Gasteiger partial charge in [-0.1, -0.05) is 103 Å². The molecule has 0 N–H and O–H groups in total. The number of methoxy groups -OCH3 is 1. The molecule has 0 spiro atoms. The molecule has 0 bridgehead atoms. The normalized spacial score (nSPS) is 11.5. The van der Waals surface area contributed by atoms with Crippen LogP contribution >= 0.6 is 0 Å². The van der Waals surface area contributed by atoms with E-state index in [1.165, 1.54) is 7.11 Å². The van der Waals surface area contributed by atoms with Crippen LogP contribution in [0.25, 0.3) is 71.8 Å². The summed E-state index contributed by atoms with van der Waals surface area (Å²) in [6.45, 7) is 0. The molecule has 0 aliphatic rings. The van der Waals surface area contributed by atoms with E-state index in [9.17, 15) is 4.79 Å². The van der Waals surface area contributed by atoms with Crippen molar-refractivity contribution < 1.29 is 9.53 Å². The number of carbonyl (C=O) groups is 1. The molecule has 8 rings (SSSR count). The Bertz CT molecular complexity index is 2360. The second-order valence-corrected chi connectivity index (χ2v) is 10.5. The Kier molecular flexibility index (Phi) is 5.76. The second-order valence-electron chi connectivity index (χ2n) is 10.5. The van der Waals surface area contributed by atoms with Crippen LogP contribution in [0.5, 0.6) is 0 Å². The standard InChI is InChI=1S/C38H25N3O2/c1-43-37(42)29-16-8-7-14-27(29)26-20-21-33-31(23-26)35-28-15-6-5-11-24(28)19-22-34(35)41(33)38-39-32-18-10-9-17-30(32)36(40-38)25-12-3-2-4-13-25/h2-23H,1H3. The molecule has 2 heterocycles. The molecule has 43 heavy (non-hydrogen) atoms. The van der Waals surface area contributed by atoms with Gasteiger partial charge in [0.1, 0.15) is 0 Å². The summed E-state index contributed by atoms with van der Waals surface area (Å²) in [7, 11) is 1.41. The fourth-order valence-electron chi connectivity index (χ4n) is 6.18. The van der Waals surface area contributed by atoms with E-state index in [1.807, 2.05) is 54.6 Å². The molecule has 6 aromatic carbocycles. The number of fused-ring (bicyclic) bond motifs is 6. The average Bonchev–Trinajstić information content (AvgIpc) is 3.42. The zero-order valence-corrected chi connectivity index (χ0v) is 23.4. The molecule has 0 aliphatic heterocycles. The van der Waals surface area contributed by atoms with E-state index in [0.29, 0.717) is 11.5 Å². The van der Waals surface area contributed by atoms with Gasteiger partial charge in [0, 0.05) is 21.7 Å². The third kappa shape index (κ3) is 3.97. The Morgan fingerprint density at radius 3 is 2.21 bits per heavy atom. The van der Waals surface area contributed by atoms with E-state index in [0.717, 1.165) is 65.9 Å². The lowest BCUT2D eigenvalue weighted by Gasteiger charge is -2.12. The Morgan fingerprint density at radius 2 is 1.35 bits per heavy atom. The van der Waals surface area contributed by atoms with Crippen molar-refractivity contribution in [1.82, 2.24) is 14.5 Å². The van der Waals surface area contributed by atoms with Gasteiger partial charge < -0.3 is 4.74 Å². The molecule has 5 nitrogen and oxygen atoms in total. The van der Waals surface area contributed by atoms with Crippen molar-refractivity contribution in [2.45, 2.75) is 0 Å². The van der Waals surface area contributed by atoms with Gasteiger partial charge in [-0.2, -0.15) is 0 Å². The molecule has 8 aromatic rings. The molecule has 0 amide bonds. The molecular weight excluding hydrogens is 530 g/mol. The lowest BCUT2D eigenvalue weighted by atomic mass is 9.97. The Morgan fingerprint density at radius 1 is 0.628 bits per heavy atom.